The van der Waals surface area contributed by atoms with Gasteiger partial charge in [0.05, 0.1) is 24.9 Å². The van der Waals surface area contributed by atoms with Gasteiger partial charge < -0.3 is 25.3 Å². The quantitative estimate of drug-likeness (QED) is 0.814. The molecule has 2 aromatic rings. The second-order valence-corrected chi connectivity index (χ2v) is 8.13. The number of ether oxygens (including phenoxy) is 1. The highest BCUT2D eigenvalue weighted by Gasteiger charge is 2.38. The van der Waals surface area contributed by atoms with Crippen LogP contribution in [-0.4, -0.2) is 41.1 Å². The summed E-state index contributed by atoms with van der Waals surface area (Å²) in [5, 5.41) is 2.94. The van der Waals surface area contributed by atoms with Crippen molar-refractivity contribution in [2.75, 3.05) is 13.7 Å². The highest BCUT2D eigenvalue weighted by molar-refractivity contribution is 6.02. The predicted octanol–water partition coefficient (Wildman–Crippen LogP) is 3.07. The van der Waals surface area contributed by atoms with Gasteiger partial charge in [0.25, 0.3) is 5.91 Å². The summed E-state index contributed by atoms with van der Waals surface area (Å²) in [4.78, 5) is 26.9. The van der Waals surface area contributed by atoms with Crippen LogP contribution in [0.5, 0.6) is 5.75 Å². The standard InChI is InChI=1S/C22H28N4O3/c1-13(2)24-22(28)25-10-11-26-17(12-25)19(21(23)27)18(20(26)15-4-5-15)14-6-8-16(29-3)9-7-14/h6-9,13,15H,4-5,10-12H2,1-3H3,(H2,23,27)(H,24,28). The molecule has 1 aliphatic carbocycles. The zero-order valence-corrected chi connectivity index (χ0v) is 17.2. The van der Waals surface area contributed by atoms with Crippen LogP contribution in [0.25, 0.3) is 11.1 Å². The average Bonchev–Trinajstić information content (AvgIpc) is 3.47. The van der Waals surface area contributed by atoms with Crippen molar-refractivity contribution in [2.24, 2.45) is 5.73 Å². The van der Waals surface area contributed by atoms with E-state index in [-0.39, 0.29) is 12.1 Å². The number of amides is 3. The van der Waals surface area contributed by atoms with Crippen molar-refractivity contribution in [3.8, 4) is 16.9 Å². The molecule has 2 aliphatic rings. The van der Waals surface area contributed by atoms with Gasteiger partial charge in [-0.3, -0.25) is 4.79 Å². The molecular weight excluding hydrogens is 368 g/mol. The van der Waals surface area contributed by atoms with Crippen LogP contribution in [0, 0.1) is 0 Å². The van der Waals surface area contributed by atoms with E-state index in [1.807, 2.05) is 38.1 Å². The lowest BCUT2D eigenvalue weighted by molar-refractivity contribution is 0.0997. The van der Waals surface area contributed by atoms with E-state index in [0.717, 1.165) is 35.4 Å². The van der Waals surface area contributed by atoms with E-state index < -0.39 is 5.91 Å². The van der Waals surface area contributed by atoms with Gasteiger partial charge in [-0.25, -0.2) is 4.79 Å². The van der Waals surface area contributed by atoms with E-state index in [4.69, 9.17) is 10.5 Å². The van der Waals surface area contributed by atoms with Gasteiger partial charge in [0.1, 0.15) is 5.75 Å². The minimum Gasteiger partial charge on any atom is -0.497 e. The molecule has 3 amide bonds. The summed E-state index contributed by atoms with van der Waals surface area (Å²) in [5.74, 6) is 0.760. The summed E-state index contributed by atoms with van der Waals surface area (Å²) in [7, 11) is 1.63. The van der Waals surface area contributed by atoms with E-state index in [9.17, 15) is 9.59 Å². The molecule has 1 aromatic heterocycles. The van der Waals surface area contributed by atoms with Crippen LogP contribution >= 0.6 is 0 Å². The third kappa shape index (κ3) is 3.57. The Morgan fingerprint density at radius 2 is 1.86 bits per heavy atom. The first-order chi connectivity index (χ1) is 13.9. The Balaban J connectivity index is 1.81. The molecule has 2 heterocycles. The third-order valence-corrected chi connectivity index (χ3v) is 5.63. The molecule has 4 rings (SSSR count). The van der Waals surface area contributed by atoms with E-state index in [1.54, 1.807) is 12.0 Å². The Kier molecular flexibility index (Phi) is 4.98. The largest absolute Gasteiger partial charge is 0.497 e. The fourth-order valence-corrected chi connectivity index (χ4v) is 4.20. The summed E-state index contributed by atoms with van der Waals surface area (Å²) in [6.45, 7) is 5.54. The second-order valence-electron chi connectivity index (χ2n) is 8.13. The fraction of sp³-hybridized carbons (Fsp3) is 0.455. The van der Waals surface area contributed by atoms with Gasteiger partial charge in [0, 0.05) is 30.4 Å². The first-order valence-corrected chi connectivity index (χ1v) is 10.2. The fourth-order valence-electron chi connectivity index (χ4n) is 4.20. The number of primary amides is 1. The molecule has 0 unspecified atom stereocenters. The Labute approximate surface area is 170 Å². The summed E-state index contributed by atoms with van der Waals surface area (Å²) >= 11 is 0. The van der Waals surface area contributed by atoms with Crippen LogP contribution in [0.3, 0.4) is 0 Å². The van der Waals surface area contributed by atoms with E-state index in [0.29, 0.717) is 31.1 Å². The number of methoxy groups -OCH3 is 1. The molecule has 1 aliphatic heterocycles. The zero-order valence-electron chi connectivity index (χ0n) is 17.2. The SMILES string of the molecule is COc1ccc(-c2c(C(N)=O)c3n(c2C2CC2)CCN(C(=O)NC(C)C)C3)cc1. The normalized spacial score (nSPS) is 15.9. The Hall–Kier alpha value is -2.96. The highest BCUT2D eigenvalue weighted by Crippen LogP contribution is 2.48. The maximum absolute atomic E-state index is 12.6. The Morgan fingerprint density at radius 1 is 1.17 bits per heavy atom. The molecule has 0 spiro atoms. The molecule has 0 saturated heterocycles. The number of urea groups is 1. The molecule has 7 heteroatoms. The van der Waals surface area contributed by atoms with Gasteiger partial charge in [-0.05, 0) is 50.3 Å². The van der Waals surface area contributed by atoms with Gasteiger partial charge in [0.2, 0.25) is 0 Å². The number of benzene rings is 1. The summed E-state index contributed by atoms with van der Waals surface area (Å²) in [6, 6.07) is 7.69. The monoisotopic (exact) mass is 396 g/mol. The van der Waals surface area contributed by atoms with Crippen molar-refractivity contribution in [1.82, 2.24) is 14.8 Å². The highest BCUT2D eigenvalue weighted by atomic mass is 16.5. The number of hydrogen-bond donors (Lipinski definition) is 2. The van der Waals surface area contributed by atoms with Crippen molar-refractivity contribution in [3.05, 3.63) is 41.2 Å². The van der Waals surface area contributed by atoms with Crippen molar-refractivity contribution in [2.45, 2.75) is 51.7 Å². The zero-order chi connectivity index (χ0) is 20.7. The van der Waals surface area contributed by atoms with Gasteiger partial charge in [-0.15, -0.1) is 0 Å². The number of fused-ring (bicyclic) bond motifs is 1. The average molecular weight is 396 g/mol. The first-order valence-electron chi connectivity index (χ1n) is 10.2. The van der Waals surface area contributed by atoms with Crippen LogP contribution in [0.2, 0.25) is 0 Å². The topological polar surface area (TPSA) is 89.6 Å². The number of carbonyl (C=O) groups is 2. The molecule has 1 fully saturated rings. The Morgan fingerprint density at radius 3 is 2.41 bits per heavy atom. The molecule has 7 nitrogen and oxygen atoms in total. The van der Waals surface area contributed by atoms with Gasteiger partial charge in [-0.2, -0.15) is 0 Å². The summed E-state index contributed by atoms with van der Waals surface area (Å²) in [5.41, 5.74) is 10.3. The summed E-state index contributed by atoms with van der Waals surface area (Å²) in [6.07, 6.45) is 2.23. The number of hydrogen-bond acceptors (Lipinski definition) is 3. The molecule has 0 bridgehead atoms. The van der Waals surface area contributed by atoms with E-state index in [2.05, 4.69) is 9.88 Å². The summed E-state index contributed by atoms with van der Waals surface area (Å²) < 4.78 is 7.51. The minimum atomic E-state index is -0.447. The lowest BCUT2D eigenvalue weighted by atomic mass is 9.97. The number of aromatic nitrogens is 1. The number of nitrogens with zero attached hydrogens (tertiary/aromatic N) is 2. The lowest BCUT2D eigenvalue weighted by Crippen LogP contribution is -2.46. The number of nitrogens with one attached hydrogen (secondary N) is 1. The van der Waals surface area contributed by atoms with Crippen LogP contribution in [-0.2, 0) is 13.1 Å². The second kappa shape index (κ2) is 7.46. The van der Waals surface area contributed by atoms with Crippen LogP contribution in [0.1, 0.15) is 54.4 Å². The first kappa shape index (κ1) is 19.4. The van der Waals surface area contributed by atoms with Gasteiger partial charge >= 0.3 is 6.03 Å². The van der Waals surface area contributed by atoms with Crippen LogP contribution < -0.4 is 15.8 Å². The van der Waals surface area contributed by atoms with E-state index in [1.165, 1.54) is 5.69 Å². The lowest BCUT2D eigenvalue weighted by Gasteiger charge is -2.31. The molecule has 1 saturated carbocycles. The van der Waals surface area contributed by atoms with E-state index >= 15 is 0 Å². The molecule has 1 aromatic carbocycles. The van der Waals surface area contributed by atoms with Crippen molar-refractivity contribution < 1.29 is 14.3 Å². The molecule has 0 atom stereocenters. The van der Waals surface area contributed by atoms with Crippen molar-refractivity contribution in [1.29, 1.82) is 0 Å². The predicted molar refractivity (Wildman–Crippen MR) is 111 cm³/mol. The molecular formula is C22H28N4O3. The van der Waals surface area contributed by atoms with Crippen molar-refractivity contribution >= 4 is 11.9 Å². The number of nitrogens with two attached hydrogens (primary N) is 1. The third-order valence-electron chi connectivity index (χ3n) is 5.63. The maximum Gasteiger partial charge on any atom is 0.318 e. The smallest absolute Gasteiger partial charge is 0.318 e. The van der Waals surface area contributed by atoms with Crippen LogP contribution in [0.15, 0.2) is 24.3 Å². The van der Waals surface area contributed by atoms with Crippen LogP contribution in [0.4, 0.5) is 4.79 Å². The maximum atomic E-state index is 12.6. The Bertz CT molecular complexity index is 942. The molecule has 3 N–H and O–H groups in total. The minimum absolute atomic E-state index is 0.0590. The number of rotatable bonds is 5. The molecule has 29 heavy (non-hydrogen) atoms. The van der Waals surface area contributed by atoms with Gasteiger partial charge in [0.15, 0.2) is 0 Å². The number of carbonyl (C=O) groups excluding carboxylic acids is 2. The van der Waals surface area contributed by atoms with Gasteiger partial charge in [-0.1, -0.05) is 12.1 Å². The molecule has 154 valence electrons. The van der Waals surface area contributed by atoms with Crippen molar-refractivity contribution in [3.63, 3.8) is 0 Å². The molecule has 0 radical (unpaired) electrons.